The van der Waals surface area contributed by atoms with Crippen LogP contribution >= 0.6 is 0 Å². The Morgan fingerprint density at radius 3 is 2.74 bits per heavy atom. The summed E-state index contributed by atoms with van der Waals surface area (Å²) in [5.41, 5.74) is 1.16. The number of piperidine rings is 1. The van der Waals surface area contributed by atoms with Crippen molar-refractivity contribution in [2.24, 2.45) is 18.0 Å². The molecule has 9 heteroatoms. The fourth-order valence-corrected chi connectivity index (χ4v) is 5.73. The molecule has 3 aliphatic rings. The van der Waals surface area contributed by atoms with Crippen molar-refractivity contribution < 1.29 is 8.42 Å². The van der Waals surface area contributed by atoms with Crippen LogP contribution < -0.4 is 15.5 Å². The van der Waals surface area contributed by atoms with Gasteiger partial charge in [-0.25, -0.2) is 8.42 Å². The molecular formula is C18H30N6O2S. The Labute approximate surface area is 161 Å². The highest BCUT2D eigenvalue weighted by Gasteiger charge is 2.29. The van der Waals surface area contributed by atoms with Gasteiger partial charge in [0, 0.05) is 45.0 Å². The summed E-state index contributed by atoms with van der Waals surface area (Å²) in [7, 11) is -0.901. The lowest BCUT2D eigenvalue weighted by Gasteiger charge is -2.34. The van der Waals surface area contributed by atoms with Crippen LogP contribution in [0.5, 0.6) is 0 Å². The molecule has 0 spiro atoms. The second kappa shape index (κ2) is 7.69. The number of guanidine groups is 1. The third-order valence-corrected chi connectivity index (χ3v) is 7.41. The van der Waals surface area contributed by atoms with Crippen LogP contribution in [-0.4, -0.2) is 67.4 Å². The molecule has 0 bridgehead atoms. The molecule has 3 heterocycles. The number of nitrogens with zero attached hydrogens (tertiary/aromatic N) is 4. The van der Waals surface area contributed by atoms with Crippen LogP contribution in [0.15, 0.2) is 17.4 Å². The lowest BCUT2D eigenvalue weighted by molar-refractivity contribution is 0.466. The van der Waals surface area contributed by atoms with Gasteiger partial charge >= 0.3 is 0 Å². The highest BCUT2D eigenvalue weighted by atomic mass is 32.2. The van der Waals surface area contributed by atoms with Crippen LogP contribution in [0.2, 0.25) is 0 Å². The summed E-state index contributed by atoms with van der Waals surface area (Å²) in [5, 5.41) is 11.4. The van der Waals surface area contributed by atoms with Crippen molar-refractivity contribution in [3.05, 3.63) is 12.4 Å². The Balaban J connectivity index is 1.36. The van der Waals surface area contributed by atoms with Crippen molar-refractivity contribution in [2.75, 3.05) is 36.0 Å². The minimum absolute atomic E-state index is 0.158. The Bertz CT molecular complexity index is 786. The normalized spacial score (nSPS) is 28.3. The summed E-state index contributed by atoms with van der Waals surface area (Å²) in [4.78, 5) is 7.11. The number of anilines is 1. The zero-order valence-electron chi connectivity index (χ0n) is 16.0. The van der Waals surface area contributed by atoms with Crippen molar-refractivity contribution in [3.63, 3.8) is 0 Å². The predicted octanol–water partition coefficient (Wildman–Crippen LogP) is 0.521. The van der Waals surface area contributed by atoms with Gasteiger partial charge in [0.2, 0.25) is 0 Å². The van der Waals surface area contributed by atoms with Gasteiger partial charge in [-0.05, 0) is 38.0 Å². The molecule has 0 radical (unpaired) electrons. The van der Waals surface area contributed by atoms with E-state index in [1.807, 2.05) is 17.9 Å². The quantitative estimate of drug-likeness (QED) is 0.559. The monoisotopic (exact) mass is 394 g/mol. The summed E-state index contributed by atoms with van der Waals surface area (Å²) in [6, 6.07) is 0.845. The summed E-state index contributed by atoms with van der Waals surface area (Å²) >= 11 is 0. The number of rotatable bonds is 5. The highest BCUT2D eigenvalue weighted by molar-refractivity contribution is 7.91. The number of nitrogens with one attached hydrogen (secondary N) is 2. The number of aliphatic imine (C=N–C) groups is 1. The number of aromatic nitrogens is 2. The summed E-state index contributed by atoms with van der Waals surface area (Å²) in [5.74, 6) is 1.60. The fraction of sp³-hybridized carbons (Fsp3) is 0.778. The third kappa shape index (κ3) is 5.15. The van der Waals surface area contributed by atoms with E-state index in [0.717, 1.165) is 44.0 Å². The van der Waals surface area contributed by atoms with E-state index >= 15 is 0 Å². The summed E-state index contributed by atoms with van der Waals surface area (Å²) in [6.45, 7) is 2.56. The molecule has 2 aliphatic heterocycles. The third-order valence-electron chi connectivity index (χ3n) is 5.57. The topological polar surface area (TPSA) is 91.6 Å². The lowest BCUT2D eigenvalue weighted by atomic mass is 10.1. The smallest absolute Gasteiger partial charge is 0.191 e. The Morgan fingerprint density at radius 2 is 2.07 bits per heavy atom. The average molecular weight is 395 g/mol. The molecule has 1 saturated carbocycles. The number of aryl methyl sites for hydroxylation is 1. The largest absolute Gasteiger partial charge is 0.367 e. The van der Waals surface area contributed by atoms with Gasteiger partial charge in [0.1, 0.15) is 0 Å². The molecule has 150 valence electrons. The van der Waals surface area contributed by atoms with Crippen LogP contribution in [0.25, 0.3) is 0 Å². The fourth-order valence-electron chi connectivity index (χ4n) is 3.88. The van der Waals surface area contributed by atoms with E-state index in [4.69, 9.17) is 4.99 Å². The second-order valence-electron chi connectivity index (χ2n) is 8.18. The zero-order valence-corrected chi connectivity index (χ0v) is 16.8. The van der Waals surface area contributed by atoms with Gasteiger partial charge in [0.05, 0.1) is 23.4 Å². The van der Waals surface area contributed by atoms with Crippen molar-refractivity contribution in [2.45, 2.75) is 44.2 Å². The van der Waals surface area contributed by atoms with Crippen LogP contribution in [0.4, 0.5) is 5.69 Å². The first kappa shape index (κ1) is 18.6. The number of hydrogen-bond donors (Lipinski definition) is 2. The molecule has 2 saturated heterocycles. The molecule has 2 N–H and O–H groups in total. The molecule has 2 unspecified atom stereocenters. The number of sulfone groups is 1. The molecule has 27 heavy (non-hydrogen) atoms. The van der Waals surface area contributed by atoms with Gasteiger partial charge in [-0.3, -0.25) is 9.67 Å². The molecular weight excluding hydrogens is 364 g/mol. The van der Waals surface area contributed by atoms with Gasteiger partial charge in [0.15, 0.2) is 15.8 Å². The van der Waals surface area contributed by atoms with E-state index in [2.05, 4.69) is 26.8 Å². The molecule has 8 nitrogen and oxygen atoms in total. The standard InChI is InChI=1S/C18H30N6O2S/c1-23-12-17(10-20-23)24-7-2-3-16(11-24)22-18(21-15-4-5-15)19-9-14-6-8-27(25,26)13-14/h10,12,14-16H,2-9,11,13H2,1H3,(H2,19,21,22). The summed E-state index contributed by atoms with van der Waals surface area (Å²) in [6.07, 6.45) is 9.32. The SMILES string of the molecule is Cn1cc(N2CCCC(NC(=NCC3CCS(=O)(=O)C3)NC3CC3)C2)cn1. The first-order chi connectivity index (χ1) is 13.0. The molecule has 4 rings (SSSR count). The van der Waals surface area contributed by atoms with E-state index in [0.29, 0.717) is 24.4 Å². The van der Waals surface area contributed by atoms with Gasteiger partial charge in [-0.15, -0.1) is 0 Å². The lowest BCUT2D eigenvalue weighted by Crippen LogP contribution is -2.51. The van der Waals surface area contributed by atoms with Crippen LogP contribution in [-0.2, 0) is 16.9 Å². The van der Waals surface area contributed by atoms with E-state index in [1.54, 1.807) is 0 Å². The molecule has 1 aliphatic carbocycles. The molecule has 1 aromatic rings. The van der Waals surface area contributed by atoms with Crippen molar-refractivity contribution >= 4 is 21.5 Å². The number of hydrogen-bond acceptors (Lipinski definition) is 5. The maximum absolute atomic E-state index is 11.7. The van der Waals surface area contributed by atoms with Gasteiger partial charge < -0.3 is 15.5 Å². The summed E-state index contributed by atoms with van der Waals surface area (Å²) < 4.78 is 25.2. The molecule has 3 fully saturated rings. The minimum atomic E-state index is -2.84. The Kier molecular flexibility index (Phi) is 5.29. The van der Waals surface area contributed by atoms with Gasteiger partial charge in [-0.2, -0.15) is 5.10 Å². The molecule has 0 aromatic carbocycles. The highest BCUT2D eigenvalue weighted by Crippen LogP contribution is 2.21. The Hall–Kier alpha value is -1.77. The van der Waals surface area contributed by atoms with Gasteiger partial charge in [0.25, 0.3) is 0 Å². The van der Waals surface area contributed by atoms with E-state index in [-0.39, 0.29) is 11.7 Å². The first-order valence-electron chi connectivity index (χ1n) is 9.98. The van der Waals surface area contributed by atoms with Crippen LogP contribution in [0.3, 0.4) is 0 Å². The molecule has 2 atom stereocenters. The van der Waals surface area contributed by atoms with Crippen LogP contribution in [0, 0.1) is 5.92 Å². The Morgan fingerprint density at radius 1 is 1.26 bits per heavy atom. The second-order valence-corrected chi connectivity index (χ2v) is 10.4. The van der Waals surface area contributed by atoms with Crippen molar-refractivity contribution in [1.82, 2.24) is 20.4 Å². The molecule has 1 aromatic heterocycles. The average Bonchev–Trinajstić information content (AvgIpc) is 3.22. The van der Waals surface area contributed by atoms with E-state index < -0.39 is 9.84 Å². The maximum atomic E-state index is 11.7. The predicted molar refractivity (Wildman–Crippen MR) is 107 cm³/mol. The molecule has 0 amide bonds. The minimum Gasteiger partial charge on any atom is -0.367 e. The van der Waals surface area contributed by atoms with E-state index in [1.165, 1.54) is 12.8 Å². The van der Waals surface area contributed by atoms with Gasteiger partial charge in [-0.1, -0.05) is 0 Å². The zero-order chi connectivity index (χ0) is 18.9. The van der Waals surface area contributed by atoms with Crippen molar-refractivity contribution in [1.29, 1.82) is 0 Å². The van der Waals surface area contributed by atoms with E-state index in [9.17, 15) is 8.42 Å². The first-order valence-corrected chi connectivity index (χ1v) is 11.8. The van der Waals surface area contributed by atoms with Crippen molar-refractivity contribution in [3.8, 4) is 0 Å². The van der Waals surface area contributed by atoms with Crippen LogP contribution in [0.1, 0.15) is 32.1 Å². The maximum Gasteiger partial charge on any atom is 0.191 e.